The molecule has 0 amide bonds. The lowest BCUT2D eigenvalue weighted by Crippen LogP contribution is -2.45. The van der Waals surface area contributed by atoms with Crippen LogP contribution in [0.5, 0.6) is 0 Å². The van der Waals surface area contributed by atoms with E-state index >= 15 is 0 Å². The number of hydrogen-bond donors (Lipinski definition) is 2. The molecule has 10 heteroatoms. The van der Waals surface area contributed by atoms with E-state index in [4.69, 9.17) is 4.98 Å². The van der Waals surface area contributed by atoms with Gasteiger partial charge in [-0.25, -0.2) is 13.4 Å². The van der Waals surface area contributed by atoms with Gasteiger partial charge >= 0.3 is 0 Å². The Labute approximate surface area is 181 Å². The molecular formula is C21H28N6O3S. The average molecular weight is 445 g/mol. The first-order chi connectivity index (χ1) is 14.8. The summed E-state index contributed by atoms with van der Waals surface area (Å²) in [6.45, 7) is 6.89. The molecule has 0 atom stereocenters. The fourth-order valence-electron chi connectivity index (χ4n) is 3.98. The van der Waals surface area contributed by atoms with Crippen LogP contribution in [0.4, 0.5) is 0 Å². The molecule has 1 aliphatic rings. The second kappa shape index (κ2) is 8.52. The monoisotopic (exact) mass is 444 g/mol. The lowest BCUT2D eigenvalue weighted by Gasteiger charge is -2.26. The summed E-state index contributed by atoms with van der Waals surface area (Å²) in [5.74, 6) is 0.336. The van der Waals surface area contributed by atoms with Gasteiger partial charge in [0.2, 0.25) is 0 Å². The van der Waals surface area contributed by atoms with Crippen molar-refractivity contribution in [3.63, 3.8) is 0 Å². The normalized spacial score (nSPS) is 15.6. The molecule has 31 heavy (non-hydrogen) atoms. The zero-order valence-corrected chi connectivity index (χ0v) is 18.9. The Morgan fingerprint density at radius 2 is 1.94 bits per heavy atom. The van der Waals surface area contributed by atoms with Crippen molar-refractivity contribution in [2.75, 3.05) is 32.1 Å². The molecule has 1 fully saturated rings. The van der Waals surface area contributed by atoms with E-state index in [0.29, 0.717) is 41.9 Å². The number of rotatable bonds is 6. The van der Waals surface area contributed by atoms with Gasteiger partial charge in [0.25, 0.3) is 5.56 Å². The summed E-state index contributed by atoms with van der Waals surface area (Å²) in [5, 5.41) is 7.68. The quantitative estimate of drug-likeness (QED) is 0.588. The maximum atomic E-state index is 13.0. The molecule has 2 N–H and O–H groups in total. The van der Waals surface area contributed by atoms with Crippen LogP contribution in [0.3, 0.4) is 0 Å². The van der Waals surface area contributed by atoms with E-state index in [1.165, 1.54) is 0 Å². The molecule has 0 spiro atoms. The maximum Gasteiger partial charge on any atom is 0.277 e. The van der Waals surface area contributed by atoms with Crippen LogP contribution < -0.4 is 10.9 Å². The SMILES string of the molecule is CCCc1nn(C)c2c(=O)[nH]c(-c3cc(S(=O)(=O)CN4CCNCC4)ccc3C)nc12. The van der Waals surface area contributed by atoms with E-state index < -0.39 is 9.84 Å². The number of nitrogens with zero attached hydrogens (tertiary/aromatic N) is 4. The number of aryl methyl sites for hydroxylation is 3. The highest BCUT2D eigenvalue weighted by molar-refractivity contribution is 7.91. The van der Waals surface area contributed by atoms with E-state index in [2.05, 4.69) is 15.4 Å². The summed E-state index contributed by atoms with van der Waals surface area (Å²) in [6, 6.07) is 5.01. The third-order valence-electron chi connectivity index (χ3n) is 5.63. The summed E-state index contributed by atoms with van der Waals surface area (Å²) in [7, 11) is -1.78. The van der Waals surface area contributed by atoms with E-state index in [9.17, 15) is 13.2 Å². The number of piperazine rings is 1. The van der Waals surface area contributed by atoms with E-state index in [1.54, 1.807) is 29.9 Å². The molecule has 0 saturated carbocycles. The number of nitrogens with one attached hydrogen (secondary N) is 2. The minimum Gasteiger partial charge on any atom is -0.314 e. The summed E-state index contributed by atoms with van der Waals surface area (Å²) < 4.78 is 27.7. The van der Waals surface area contributed by atoms with Crippen LogP contribution in [0.15, 0.2) is 27.9 Å². The average Bonchev–Trinajstić information content (AvgIpc) is 3.04. The van der Waals surface area contributed by atoms with Gasteiger partial charge in [0.05, 0.1) is 10.6 Å². The van der Waals surface area contributed by atoms with Crippen molar-refractivity contribution in [2.45, 2.75) is 31.6 Å². The molecule has 0 unspecified atom stereocenters. The second-order valence-electron chi connectivity index (χ2n) is 8.02. The van der Waals surface area contributed by atoms with Crippen molar-refractivity contribution >= 4 is 20.9 Å². The fourth-order valence-corrected chi connectivity index (χ4v) is 5.45. The fraction of sp³-hybridized carbons (Fsp3) is 0.476. The van der Waals surface area contributed by atoms with Crippen molar-refractivity contribution in [3.8, 4) is 11.4 Å². The Hall–Kier alpha value is -2.56. The van der Waals surface area contributed by atoms with Crippen molar-refractivity contribution in [1.29, 1.82) is 0 Å². The summed E-state index contributed by atoms with van der Waals surface area (Å²) in [4.78, 5) is 22.5. The molecule has 0 radical (unpaired) electrons. The predicted octanol–water partition coefficient (Wildman–Crippen LogP) is 1.22. The Bertz CT molecular complexity index is 1270. The zero-order valence-electron chi connectivity index (χ0n) is 18.1. The number of H-pyrrole nitrogens is 1. The van der Waals surface area contributed by atoms with Gasteiger partial charge < -0.3 is 10.3 Å². The molecule has 0 bridgehead atoms. The third kappa shape index (κ3) is 4.28. The van der Waals surface area contributed by atoms with Crippen molar-refractivity contribution < 1.29 is 8.42 Å². The largest absolute Gasteiger partial charge is 0.314 e. The minimum atomic E-state index is -3.51. The number of hydrogen-bond acceptors (Lipinski definition) is 7. The molecule has 3 heterocycles. The smallest absolute Gasteiger partial charge is 0.277 e. The van der Waals surface area contributed by atoms with E-state index in [-0.39, 0.29) is 16.3 Å². The van der Waals surface area contributed by atoms with Gasteiger partial charge in [0, 0.05) is 38.8 Å². The van der Waals surface area contributed by atoms with Crippen LogP contribution in [-0.2, 0) is 23.3 Å². The van der Waals surface area contributed by atoms with Gasteiger partial charge in [-0.2, -0.15) is 5.10 Å². The van der Waals surface area contributed by atoms with Crippen LogP contribution in [0.1, 0.15) is 24.6 Å². The lowest BCUT2D eigenvalue weighted by atomic mass is 10.1. The third-order valence-corrected chi connectivity index (χ3v) is 7.31. The van der Waals surface area contributed by atoms with E-state index in [0.717, 1.165) is 30.8 Å². The predicted molar refractivity (Wildman–Crippen MR) is 120 cm³/mol. The van der Waals surface area contributed by atoms with Crippen molar-refractivity contribution in [3.05, 3.63) is 39.8 Å². The number of aromatic amines is 1. The van der Waals surface area contributed by atoms with Gasteiger partial charge in [-0.3, -0.25) is 14.4 Å². The van der Waals surface area contributed by atoms with Gasteiger partial charge in [-0.05, 0) is 31.0 Å². The minimum absolute atomic E-state index is 0.0244. The molecule has 4 rings (SSSR count). The second-order valence-corrected chi connectivity index (χ2v) is 9.98. The number of sulfone groups is 1. The van der Waals surface area contributed by atoms with Gasteiger partial charge in [-0.15, -0.1) is 0 Å². The summed E-state index contributed by atoms with van der Waals surface area (Å²) in [5.41, 5.74) is 2.92. The molecular weight excluding hydrogens is 416 g/mol. The Morgan fingerprint density at radius 1 is 1.19 bits per heavy atom. The van der Waals surface area contributed by atoms with Crippen molar-refractivity contribution in [2.24, 2.45) is 7.05 Å². The first kappa shape index (κ1) is 21.7. The first-order valence-corrected chi connectivity index (χ1v) is 12.2. The highest BCUT2D eigenvalue weighted by Gasteiger charge is 2.23. The highest BCUT2D eigenvalue weighted by Crippen LogP contribution is 2.26. The Balaban J connectivity index is 1.77. The molecule has 1 aromatic carbocycles. The molecule has 1 aliphatic heterocycles. The molecule has 2 aromatic heterocycles. The Kier molecular flexibility index (Phi) is 5.96. The molecule has 0 aliphatic carbocycles. The van der Waals surface area contributed by atoms with Crippen LogP contribution in [0.2, 0.25) is 0 Å². The van der Waals surface area contributed by atoms with Crippen molar-refractivity contribution in [1.82, 2.24) is 30.0 Å². The highest BCUT2D eigenvalue weighted by atomic mass is 32.2. The van der Waals surface area contributed by atoms with Crippen LogP contribution in [0.25, 0.3) is 22.4 Å². The van der Waals surface area contributed by atoms with Gasteiger partial charge in [0.15, 0.2) is 15.4 Å². The topological polar surface area (TPSA) is 113 Å². The number of fused-ring (bicyclic) bond motifs is 1. The zero-order chi connectivity index (χ0) is 22.2. The molecule has 3 aromatic rings. The molecule has 1 saturated heterocycles. The van der Waals surface area contributed by atoms with Crippen LogP contribution in [-0.4, -0.2) is 65.1 Å². The Morgan fingerprint density at radius 3 is 2.65 bits per heavy atom. The first-order valence-electron chi connectivity index (χ1n) is 10.5. The number of aromatic nitrogens is 4. The van der Waals surface area contributed by atoms with Crippen LogP contribution >= 0.6 is 0 Å². The lowest BCUT2D eigenvalue weighted by molar-refractivity contribution is 0.274. The van der Waals surface area contributed by atoms with Gasteiger partial charge in [0.1, 0.15) is 17.2 Å². The van der Waals surface area contributed by atoms with Gasteiger partial charge in [-0.1, -0.05) is 19.4 Å². The summed E-state index contributed by atoms with van der Waals surface area (Å²) >= 11 is 0. The maximum absolute atomic E-state index is 13.0. The van der Waals surface area contributed by atoms with E-state index in [1.807, 2.05) is 18.7 Å². The standard InChI is InChI=1S/C21H28N6O3S/c1-4-5-17-18-19(26(3)25-17)21(28)24-20(23-18)16-12-15(7-6-14(16)2)31(29,30)13-27-10-8-22-9-11-27/h6-7,12,22H,4-5,8-11,13H2,1-3H3,(H,23,24,28). The number of benzene rings is 1. The molecule has 166 valence electrons. The van der Waals surface area contributed by atoms with Crippen LogP contribution in [0, 0.1) is 6.92 Å². The summed E-state index contributed by atoms with van der Waals surface area (Å²) in [6.07, 6.45) is 1.60. The molecule has 9 nitrogen and oxygen atoms in total.